The predicted octanol–water partition coefficient (Wildman–Crippen LogP) is 1.68. The van der Waals surface area contributed by atoms with E-state index < -0.39 is 16.1 Å². The lowest BCUT2D eigenvalue weighted by Crippen LogP contribution is -2.47. The predicted molar refractivity (Wildman–Crippen MR) is 114 cm³/mol. The smallest absolute Gasteiger partial charge is 0.243 e. The molecule has 0 spiro atoms. The summed E-state index contributed by atoms with van der Waals surface area (Å²) in [5, 5.41) is 2.87. The average molecular weight is 438 g/mol. The summed E-state index contributed by atoms with van der Waals surface area (Å²) in [5.74, 6) is -0.484. The highest BCUT2D eigenvalue weighted by molar-refractivity contribution is 7.89. The van der Waals surface area contributed by atoms with E-state index in [0.29, 0.717) is 50.3 Å². The number of fused-ring (bicyclic) bond motifs is 1. The molecule has 0 unspecified atom stereocenters. The van der Waals surface area contributed by atoms with Crippen molar-refractivity contribution >= 4 is 27.5 Å². The number of sulfonamides is 1. The van der Waals surface area contributed by atoms with Crippen molar-refractivity contribution < 1.29 is 22.7 Å². The van der Waals surface area contributed by atoms with Crippen LogP contribution in [0.25, 0.3) is 0 Å². The molecule has 1 aromatic rings. The van der Waals surface area contributed by atoms with Crippen LogP contribution >= 0.6 is 0 Å². The van der Waals surface area contributed by atoms with Crippen molar-refractivity contribution in [3.05, 3.63) is 23.8 Å². The second-order valence-electron chi connectivity index (χ2n) is 8.07. The van der Waals surface area contributed by atoms with Gasteiger partial charge in [-0.15, -0.1) is 0 Å². The Balaban J connectivity index is 1.72. The van der Waals surface area contributed by atoms with Gasteiger partial charge in [-0.2, -0.15) is 4.31 Å². The molecule has 0 radical (unpaired) electrons. The number of amides is 2. The molecule has 3 rings (SSSR count). The minimum absolute atomic E-state index is 0.143. The molecule has 1 fully saturated rings. The molecule has 2 aliphatic rings. The Hall–Kier alpha value is -1.97. The van der Waals surface area contributed by atoms with Crippen LogP contribution in [0.5, 0.6) is 0 Å². The van der Waals surface area contributed by atoms with Crippen molar-refractivity contribution in [3.8, 4) is 0 Å². The van der Waals surface area contributed by atoms with Crippen molar-refractivity contribution in [2.45, 2.75) is 63.5 Å². The van der Waals surface area contributed by atoms with Gasteiger partial charge in [0.2, 0.25) is 21.8 Å². The Morgan fingerprint density at radius 3 is 2.57 bits per heavy atom. The Morgan fingerprint density at radius 2 is 1.93 bits per heavy atom. The number of anilines is 1. The summed E-state index contributed by atoms with van der Waals surface area (Å²) in [5.41, 5.74) is 1.31. The van der Waals surface area contributed by atoms with E-state index in [-0.39, 0.29) is 22.8 Å². The molecule has 2 amide bonds. The molecule has 166 valence electrons. The molecule has 8 nitrogen and oxygen atoms in total. The van der Waals surface area contributed by atoms with Crippen LogP contribution < -0.4 is 10.2 Å². The zero-order valence-electron chi connectivity index (χ0n) is 17.9. The molecule has 0 bridgehead atoms. The summed E-state index contributed by atoms with van der Waals surface area (Å²) in [6, 6.07) is 4.12. The van der Waals surface area contributed by atoms with Crippen molar-refractivity contribution in [2.24, 2.45) is 0 Å². The highest BCUT2D eigenvalue weighted by Gasteiger charge is 2.38. The van der Waals surface area contributed by atoms with Crippen molar-refractivity contribution in [1.82, 2.24) is 9.62 Å². The normalized spacial score (nSPS) is 19.3. The molecular weight excluding hydrogens is 406 g/mol. The van der Waals surface area contributed by atoms with E-state index in [1.165, 1.54) is 22.2 Å². The van der Waals surface area contributed by atoms with Gasteiger partial charge in [0.05, 0.1) is 11.0 Å². The van der Waals surface area contributed by atoms with Crippen LogP contribution in [-0.4, -0.2) is 62.9 Å². The highest BCUT2D eigenvalue weighted by atomic mass is 32.2. The maximum absolute atomic E-state index is 12.9. The van der Waals surface area contributed by atoms with Gasteiger partial charge in [0, 0.05) is 45.3 Å². The summed E-state index contributed by atoms with van der Waals surface area (Å²) in [4.78, 5) is 26.7. The fourth-order valence-electron chi connectivity index (χ4n) is 3.99. The van der Waals surface area contributed by atoms with Gasteiger partial charge in [-0.3, -0.25) is 14.5 Å². The number of benzene rings is 1. The number of hydrogen-bond donors (Lipinski definition) is 1. The molecule has 1 atom stereocenters. The highest BCUT2D eigenvalue weighted by Crippen LogP contribution is 2.35. The summed E-state index contributed by atoms with van der Waals surface area (Å²) in [6.07, 6.45) is 2.86. The molecule has 0 saturated carbocycles. The number of ether oxygens (including phenoxy) is 1. The summed E-state index contributed by atoms with van der Waals surface area (Å²) >= 11 is 0. The van der Waals surface area contributed by atoms with E-state index in [4.69, 9.17) is 4.74 Å². The number of carbonyl (C=O) groups excluding carboxylic acids is 2. The van der Waals surface area contributed by atoms with E-state index in [1.807, 2.05) is 13.8 Å². The monoisotopic (exact) mass is 437 g/mol. The van der Waals surface area contributed by atoms with Gasteiger partial charge in [0.25, 0.3) is 0 Å². The third kappa shape index (κ3) is 4.84. The van der Waals surface area contributed by atoms with Crippen LogP contribution in [0.15, 0.2) is 23.1 Å². The largest absolute Gasteiger partial charge is 0.379 e. The maximum Gasteiger partial charge on any atom is 0.243 e. The minimum Gasteiger partial charge on any atom is -0.379 e. The van der Waals surface area contributed by atoms with Crippen molar-refractivity contribution in [1.29, 1.82) is 0 Å². The van der Waals surface area contributed by atoms with Crippen LogP contribution in [0, 0.1) is 0 Å². The van der Waals surface area contributed by atoms with Crippen LogP contribution in [0.1, 0.15) is 45.6 Å². The zero-order chi connectivity index (χ0) is 21.9. The number of nitrogens with one attached hydrogen (secondary N) is 1. The van der Waals surface area contributed by atoms with E-state index in [0.717, 1.165) is 12.8 Å². The van der Waals surface area contributed by atoms with Gasteiger partial charge in [0.15, 0.2) is 0 Å². The zero-order valence-corrected chi connectivity index (χ0v) is 18.7. The summed E-state index contributed by atoms with van der Waals surface area (Å²) in [6.45, 7) is 7.40. The third-order valence-corrected chi connectivity index (χ3v) is 7.35. The first-order chi connectivity index (χ1) is 14.2. The van der Waals surface area contributed by atoms with E-state index in [9.17, 15) is 18.0 Å². The fourth-order valence-corrected chi connectivity index (χ4v) is 5.55. The van der Waals surface area contributed by atoms with E-state index in [2.05, 4.69) is 5.32 Å². The topological polar surface area (TPSA) is 96.0 Å². The molecule has 0 aliphatic carbocycles. The van der Waals surface area contributed by atoms with Crippen LogP contribution in [-0.2, 0) is 30.8 Å². The number of nitrogens with zero attached hydrogens (tertiary/aromatic N) is 2. The standard InChI is InChI=1S/C21H31N3O5S/c1-15(2)29-12-6-9-22-21(26)20-14-17-13-18(7-8-19(17)24(20)16(3)25)30(27,28)23-10-4-5-11-23/h7-8,13,15,20H,4-6,9-12,14H2,1-3H3,(H,22,26)/t20-/m1/s1. The Kier molecular flexibility index (Phi) is 7.15. The molecule has 2 heterocycles. The fraction of sp³-hybridized carbons (Fsp3) is 0.619. The van der Waals surface area contributed by atoms with Crippen LogP contribution in [0.4, 0.5) is 5.69 Å². The lowest BCUT2D eigenvalue weighted by atomic mass is 10.1. The molecule has 1 aromatic carbocycles. The quantitative estimate of drug-likeness (QED) is 0.624. The Bertz CT molecular complexity index is 894. The molecule has 30 heavy (non-hydrogen) atoms. The Labute approximate surface area is 178 Å². The van der Waals surface area contributed by atoms with Crippen molar-refractivity contribution in [2.75, 3.05) is 31.1 Å². The van der Waals surface area contributed by atoms with Crippen LogP contribution in [0.2, 0.25) is 0 Å². The second-order valence-corrected chi connectivity index (χ2v) is 10.0. The SMILES string of the molecule is CC(=O)N1c2ccc(S(=O)(=O)N3CCCC3)cc2C[C@@H]1C(=O)NCCCOC(C)C. The Morgan fingerprint density at radius 1 is 1.23 bits per heavy atom. The molecule has 1 saturated heterocycles. The molecule has 9 heteroatoms. The number of rotatable bonds is 8. The minimum atomic E-state index is -3.55. The lowest BCUT2D eigenvalue weighted by molar-refractivity contribution is -0.125. The van der Waals surface area contributed by atoms with Gasteiger partial charge in [-0.25, -0.2) is 8.42 Å². The van der Waals surface area contributed by atoms with Gasteiger partial charge >= 0.3 is 0 Å². The summed E-state index contributed by atoms with van der Waals surface area (Å²) in [7, 11) is -3.55. The maximum atomic E-state index is 12.9. The van der Waals surface area contributed by atoms with E-state index in [1.54, 1.807) is 12.1 Å². The first-order valence-corrected chi connectivity index (χ1v) is 12.0. The van der Waals surface area contributed by atoms with Crippen molar-refractivity contribution in [3.63, 3.8) is 0 Å². The molecule has 1 N–H and O–H groups in total. The van der Waals surface area contributed by atoms with Gasteiger partial charge in [-0.05, 0) is 56.9 Å². The lowest BCUT2D eigenvalue weighted by Gasteiger charge is -2.23. The molecular formula is C21H31N3O5S. The van der Waals surface area contributed by atoms with Crippen LogP contribution in [0.3, 0.4) is 0 Å². The first-order valence-electron chi connectivity index (χ1n) is 10.5. The third-order valence-electron chi connectivity index (χ3n) is 5.45. The second kappa shape index (κ2) is 9.45. The molecule has 0 aromatic heterocycles. The van der Waals surface area contributed by atoms with Gasteiger partial charge in [-0.1, -0.05) is 0 Å². The first kappa shape index (κ1) is 22.7. The number of hydrogen-bond acceptors (Lipinski definition) is 5. The molecule has 2 aliphatic heterocycles. The number of carbonyl (C=O) groups is 2. The summed E-state index contributed by atoms with van der Waals surface area (Å²) < 4.78 is 32.7. The van der Waals surface area contributed by atoms with E-state index >= 15 is 0 Å². The average Bonchev–Trinajstić information content (AvgIpc) is 3.34. The van der Waals surface area contributed by atoms with Gasteiger partial charge < -0.3 is 10.1 Å². The van der Waals surface area contributed by atoms with Gasteiger partial charge in [0.1, 0.15) is 6.04 Å².